The highest BCUT2D eigenvalue weighted by Gasteiger charge is 2.30. The van der Waals surface area contributed by atoms with Gasteiger partial charge in [-0.05, 0) is 31.4 Å². The van der Waals surface area contributed by atoms with Crippen LogP contribution in [0.4, 0.5) is 5.13 Å². The molecule has 1 aliphatic rings. The number of thioether (sulfide) groups is 1. The summed E-state index contributed by atoms with van der Waals surface area (Å²) in [4.78, 5) is 23.0. The highest BCUT2D eigenvalue weighted by Crippen LogP contribution is 2.32. The Balaban J connectivity index is 1.50. The first-order valence-electron chi connectivity index (χ1n) is 8.54. The minimum absolute atomic E-state index is 0.0548. The van der Waals surface area contributed by atoms with Gasteiger partial charge in [-0.1, -0.05) is 11.3 Å². The standard InChI is InChI=1S/C18H21N5OS2/c1-12-10-22(6-7-23(12)17(24)13-9-19-21(2)11-13)18-20-15-5-4-14(25-3)8-16(15)26-18/h4-5,8-9,11-12H,6-7,10H2,1-3H3. The Labute approximate surface area is 160 Å². The van der Waals surface area contributed by atoms with Crippen LogP contribution in [0, 0.1) is 0 Å². The number of benzene rings is 1. The summed E-state index contributed by atoms with van der Waals surface area (Å²) in [6.45, 7) is 4.38. The van der Waals surface area contributed by atoms with E-state index in [1.807, 2.05) is 11.9 Å². The van der Waals surface area contributed by atoms with Gasteiger partial charge in [0.25, 0.3) is 5.91 Å². The summed E-state index contributed by atoms with van der Waals surface area (Å²) in [5.41, 5.74) is 1.70. The van der Waals surface area contributed by atoms with Gasteiger partial charge in [0.1, 0.15) is 0 Å². The molecule has 4 rings (SSSR count). The number of nitrogens with zero attached hydrogens (tertiary/aromatic N) is 5. The molecule has 3 heterocycles. The van der Waals surface area contributed by atoms with Gasteiger partial charge < -0.3 is 9.80 Å². The van der Waals surface area contributed by atoms with E-state index in [1.165, 1.54) is 9.60 Å². The minimum Gasteiger partial charge on any atom is -0.344 e. The van der Waals surface area contributed by atoms with Crippen LogP contribution < -0.4 is 4.90 Å². The molecule has 0 spiro atoms. The summed E-state index contributed by atoms with van der Waals surface area (Å²) < 4.78 is 2.88. The lowest BCUT2D eigenvalue weighted by atomic mass is 10.1. The number of thiazole rings is 1. The molecule has 0 radical (unpaired) electrons. The average Bonchev–Trinajstić information content (AvgIpc) is 3.26. The summed E-state index contributed by atoms with van der Waals surface area (Å²) >= 11 is 3.48. The Morgan fingerprint density at radius 3 is 2.88 bits per heavy atom. The van der Waals surface area contributed by atoms with Crippen molar-refractivity contribution in [1.82, 2.24) is 19.7 Å². The maximum Gasteiger partial charge on any atom is 0.257 e. The molecule has 26 heavy (non-hydrogen) atoms. The van der Waals surface area contributed by atoms with Crippen molar-refractivity contribution in [1.29, 1.82) is 0 Å². The van der Waals surface area contributed by atoms with Crippen LogP contribution in [0.15, 0.2) is 35.5 Å². The van der Waals surface area contributed by atoms with Crippen LogP contribution in [0.25, 0.3) is 10.2 Å². The molecule has 1 atom stereocenters. The van der Waals surface area contributed by atoms with E-state index >= 15 is 0 Å². The molecule has 8 heteroatoms. The first-order valence-corrected chi connectivity index (χ1v) is 10.6. The highest BCUT2D eigenvalue weighted by molar-refractivity contribution is 7.98. The van der Waals surface area contributed by atoms with Crippen LogP contribution in [0.1, 0.15) is 17.3 Å². The molecule has 1 saturated heterocycles. The Morgan fingerprint density at radius 2 is 2.19 bits per heavy atom. The molecule has 1 aliphatic heterocycles. The van der Waals surface area contributed by atoms with Crippen molar-refractivity contribution in [3.63, 3.8) is 0 Å². The number of anilines is 1. The molecule has 1 unspecified atom stereocenters. The Bertz CT molecular complexity index is 950. The first kappa shape index (κ1) is 17.4. The van der Waals surface area contributed by atoms with Crippen LogP contribution in [-0.4, -0.2) is 57.5 Å². The number of hydrogen-bond acceptors (Lipinski definition) is 6. The number of hydrogen-bond donors (Lipinski definition) is 0. The van der Waals surface area contributed by atoms with E-state index in [1.54, 1.807) is 40.2 Å². The quantitative estimate of drug-likeness (QED) is 0.647. The average molecular weight is 388 g/mol. The molecule has 0 N–H and O–H groups in total. The zero-order chi connectivity index (χ0) is 18.3. The molecule has 6 nitrogen and oxygen atoms in total. The summed E-state index contributed by atoms with van der Waals surface area (Å²) in [5.74, 6) is 0.0548. The maximum absolute atomic E-state index is 12.7. The molecule has 136 valence electrons. The van der Waals surface area contributed by atoms with Gasteiger partial charge >= 0.3 is 0 Å². The molecule has 1 amide bonds. The normalized spacial score (nSPS) is 17.9. The van der Waals surface area contributed by atoms with Gasteiger partial charge in [0.15, 0.2) is 5.13 Å². The lowest BCUT2D eigenvalue weighted by Gasteiger charge is -2.39. The summed E-state index contributed by atoms with van der Waals surface area (Å²) in [6.07, 6.45) is 5.50. The van der Waals surface area contributed by atoms with E-state index in [4.69, 9.17) is 4.98 Å². The summed E-state index contributed by atoms with van der Waals surface area (Å²) in [5, 5.41) is 5.15. The number of aromatic nitrogens is 3. The predicted molar refractivity (Wildman–Crippen MR) is 107 cm³/mol. The molecular weight excluding hydrogens is 366 g/mol. The number of aryl methyl sites for hydroxylation is 1. The Hall–Kier alpha value is -2.06. The van der Waals surface area contributed by atoms with Gasteiger partial charge in [-0.3, -0.25) is 9.48 Å². The third-order valence-corrected chi connectivity index (χ3v) is 6.50. The van der Waals surface area contributed by atoms with Crippen molar-refractivity contribution in [3.05, 3.63) is 36.2 Å². The third-order valence-electron chi connectivity index (χ3n) is 4.70. The molecular formula is C18H21N5OS2. The van der Waals surface area contributed by atoms with E-state index in [0.717, 1.165) is 23.7 Å². The number of amides is 1. The topological polar surface area (TPSA) is 54.3 Å². The van der Waals surface area contributed by atoms with Crippen molar-refractivity contribution in [2.24, 2.45) is 7.05 Å². The highest BCUT2D eigenvalue weighted by atomic mass is 32.2. The fraction of sp³-hybridized carbons (Fsp3) is 0.389. The monoisotopic (exact) mass is 387 g/mol. The van der Waals surface area contributed by atoms with Gasteiger partial charge in [-0.2, -0.15) is 5.10 Å². The van der Waals surface area contributed by atoms with Crippen molar-refractivity contribution < 1.29 is 4.79 Å². The smallest absolute Gasteiger partial charge is 0.257 e. The number of carbonyl (C=O) groups excluding carboxylic acids is 1. The van der Waals surface area contributed by atoms with Crippen molar-refractivity contribution in [2.75, 3.05) is 30.8 Å². The van der Waals surface area contributed by atoms with Crippen LogP contribution >= 0.6 is 23.1 Å². The molecule has 0 aliphatic carbocycles. The Morgan fingerprint density at radius 1 is 1.35 bits per heavy atom. The zero-order valence-electron chi connectivity index (χ0n) is 15.0. The van der Waals surface area contributed by atoms with Gasteiger partial charge in [-0.15, -0.1) is 11.8 Å². The second-order valence-corrected chi connectivity index (χ2v) is 8.42. The Kier molecular flexibility index (Phi) is 4.62. The molecule has 0 bridgehead atoms. The molecule has 0 saturated carbocycles. The van der Waals surface area contributed by atoms with Crippen LogP contribution in [0.2, 0.25) is 0 Å². The second-order valence-electron chi connectivity index (χ2n) is 6.53. The third kappa shape index (κ3) is 3.19. The van der Waals surface area contributed by atoms with Crippen molar-refractivity contribution >= 4 is 44.4 Å². The largest absolute Gasteiger partial charge is 0.344 e. The lowest BCUT2D eigenvalue weighted by Crippen LogP contribution is -2.54. The van der Waals surface area contributed by atoms with Crippen LogP contribution in [0.3, 0.4) is 0 Å². The zero-order valence-corrected chi connectivity index (χ0v) is 16.7. The van der Waals surface area contributed by atoms with E-state index in [-0.39, 0.29) is 11.9 Å². The summed E-state index contributed by atoms with van der Waals surface area (Å²) in [6, 6.07) is 6.54. The van der Waals surface area contributed by atoms with Gasteiger partial charge in [0, 0.05) is 43.8 Å². The fourth-order valence-corrected chi connectivity index (χ4v) is 4.84. The molecule has 1 aromatic carbocycles. The van der Waals surface area contributed by atoms with Crippen molar-refractivity contribution in [3.8, 4) is 0 Å². The fourth-order valence-electron chi connectivity index (χ4n) is 3.29. The predicted octanol–water partition coefficient (Wildman–Crippen LogP) is 3.10. The van der Waals surface area contributed by atoms with Gasteiger partial charge in [0.2, 0.25) is 0 Å². The number of carbonyl (C=O) groups is 1. The van der Waals surface area contributed by atoms with Gasteiger partial charge in [-0.25, -0.2) is 4.98 Å². The van der Waals surface area contributed by atoms with E-state index in [0.29, 0.717) is 12.1 Å². The number of piperazine rings is 1. The van der Waals surface area contributed by atoms with Gasteiger partial charge in [0.05, 0.1) is 22.0 Å². The first-order chi connectivity index (χ1) is 12.5. The van der Waals surface area contributed by atoms with E-state index < -0.39 is 0 Å². The van der Waals surface area contributed by atoms with Crippen molar-refractivity contribution in [2.45, 2.75) is 17.9 Å². The van der Waals surface area contributed by atoms with E-state index in [2.05, 4.69) is 41.4 Å². The summed E-state index contributed by atoms with van der Waals surface area (Å²) in [7, 11) is 1.83. The molecule has 2 aromatic heterocycles. The minimum atomic E-state index is 0.0548. The molecule has 1 fully saturated rings. The second kappa shape index (κ2) is 6.92. The maximum atomic E-state index is 12.7. The molecule has 3 aromatic rings. The number of fused-ring (bicyclic) bond motifs is 1. The van der Waals surface area contributed by atoms with Crippen LogP contribution in [0.5, 0.6) is 0 Å². The van der Waals surface area contributed by atoms with Crippen LogP contribution in [-0.2, 0) is 7.05 Å². The lowest BCUT2D eigenvalue weighted by molar-refractivity contribution is 0.0674. The SMILES string of the molecule is CSc1ccc2nc(N3CCN(C(=O)c4cnn(C)c4)C(C)C3)sc2c1. The number of rotatable bonds is 3. The van der Waals surface area contributed by atoms with E-state index in [9.17, 15) is 4.79 Å².